The van der Waals surface area contributed by atoms with Crippen molar-refractivity contribution in [2.45, 2.75) is 39.9 Å². The largest absolute Gasteiger partial charge is 0.497 e. The van der Waals surface area contributed by atoms with Gasteiger partial charge in [-0.2, -0.15) is 13.2 Å². The Morgan fingerprint density at radius 3 is 2.52 bits per heavy atom. The molecule has 0 aliphatic carbocycles. The van der Waals surface area contributed by atoms with Crippen LogP contribution in [0.25, 0.3) is 0 Å². The van der Waals surface area contributed by atoms with Crippen molar-refractivity contribution in [2.24, 2.45) is 4.99 Å². The first kappa shape index (κ1) is 25.5. The Bertz CT molecular complexity index is 805. The van der Waals surface area contributed by atoms with E-state index in [2.05, 4.69) is 20.6 Å². The number of alkyl halides is 3. The SMILES string of the molecule is CCNC(=NCc1ccc(OC)cc1C(F)(F)F)NCCc1nc(C)c(C)s1.I. The average molecular weight is 542 g/mol. The molecule has 0 atom stereocenters. The predicted molar refractivity (Wildman–Crippen MR) is 122 cm³/mol. The predicted octanol–water partition coefficient (Wildman–Crippen LogP) is 4.70. The van der Waals surface area contributed by atoms with E-state index < -0.39 is 11.7 Å². The quantitative estimate of drug-likeness (QED) is 0.303. The molecule has 1 heterocycles. The molecule has 5 nitrogen and oxygen atoms in total. The van der Waals surface area contributed by atoms with Crippen LogP contribution in [-0.2, 0) is 19.1 Å². The van der Waals surface area contributed by atoms with Crippen molar-refractivity contribution in [3.8, 4) is 5.75 Å². The van der Waals surface area contributed by atoms with Gasteiger partial charge in [-0.15, -0.1) is 35.3 Å². The molecule has 1 aromatic carbocycles. The highest BCUT2D eigenvalue weighted by Gasteiger charge is 2.33. The second kappa shape index (κ2) is 11.6. The van der Waals surface area contributed by atoms with Gasteiger partial charge in [-0.3, -0.25) is 0 Å². The molecule has 0 amide bonds. The third-order valence-electron chi connectivity index (χ3n) is 4.08. The summed E-state index contributed by atoms with van der Waals surface area (Å²) in [4.78, 5) is 9.98. The summed E-state index contributed by atoms with van der Waals surface area (Å²) in [5.74, 6) is 0.635. The second-order valence-corrected chi connectivity index (χ2v) is 7.43. The Kier molecular flexibility index (Phi) is 10.2. The first-order chi connectivity index (χ1) is 13.2. The molecule has 0 aliphatic rings. The lowest BCUT2D eigenvalue weighted by atomic mass is 10.1. The number of halogens is 4. The molecule has 0 saturated heterocycles. The minimum atomic E-state index is -4.47. The maximum Gasteiger partial charge on any atom is 0.416 e. The Labute approximate surface area is 190 Å². The molecule has 0 radical (unpaired) electrons. The van der Waals surface area contributed by atoms with Crippen molar-refractivity contribution in [1.82, 2.24) is 15.6 Å². The van der Waals surface area contributed by atoms with Crippen molar-refractivity contribution >= 4 is 41.3 Å². The molecule has 0 aliphatic heterocycles. The van der Waals surface area contributed by atoms with Crippen molar-refractivity contribution in [1.29, 1.82) is 0 Å². The monoisotopic (exact) mass is 542 g/mol. The van der Waals surface area contributed by atoms with E-state index in [9.17, 15) is 13.2 Å². The van der Waals surface area contributed by atoms with Gasteiger partial charge < -0.3 is 15.4 Å². The summed E-state index contributed by atoms with van der Waals surface area (Å²) in [6, 6.07) is 3.90. The maximum atomic E-state index is 13.3. The van der Waals surface area contributed by atoms with Crippen LogP contribution < -0.4 is 15.4 Å². The van der Waals surface area contributed by atoms with Gasteiger partial charge in [-0.05, 0) is 38.5 Å². The lowest BCUT2D eigenvalue weighted by Crippen LogP contribution is -2.38. The minimum Gasteiger partial charge on any atom is -0.497 e. The number of aliphatic imine (C=N–C) groups is 1. The number of nitrogens with one attached hydrogen (secondary N) is 2. The fourth-order valence-electron chi connectivity index (χ4n) is 2.52. The molecule has 1 aromatic heterocycles. The molecule has 2 aromatic rings. The van der Waals surface area contributed by atoms with Crippen LogP contribution in [0.2, 0.25) is 0 Å². The fourth-order valence-corrected chi connectivity index (χ4v) is 3.46. The van der Waals surface area contributed by atoms with E-state index in [1.54, 1.807) is 11.3 Å². The standard InChI is InChI=1S/C19H25F3N4OS.HI/c1-5-23-18(24-9-8-17-26-12(2)13(3)28-17)25-11-14-6-7-15(27-4)10-16(14)19(20,21)22;/h6-7,10H,5,8-9,11H2,1-4H3,(H2,23,24,25);1H. The lowest BCUT2D eigenvalue weighted by Gasteiger charge is -2.14. The molecule has 2 N–H and O–H groups in total. The van der Waals surface area contributed by atoms with Crippen LogP contribution in [0.1, 0.15) is 33.6 Å². The van der Waals surface area contributed by atoms with E-state index in [1.165, 1.54) is 24.1 Å². The molecular formula is C19H26F3IN4OS. The van der Waals surface area contributed by atoms with Crippen molar-refractivity contribution in [3.63, 3.8) is 0 Å². The first-order valence-electron chi connectivity index (χ1n) is 8.93. The number of hydrogen-bond donors (Lipinski definition) is 2. The summed E-state index contributed by atoms with van der Waals surface area (Å²) in [6.45, 7) is 7.01. The van der Waals surface area contributed by atoms with Crippen LogP contribution in [0.15, 0.2) is 23.2 Å². The van der Waals surface area contributed by atoms with Gasteiger partial charge in [0.05, 0.1) is 29.9 Å². The van der Waals surface area contributed by atoms with Crippen molar-refractivity contribution < 1.29 is 17.9 Å². The summed E-state index contributed by atoms with van der Waals surface area (Å²) < 4.78 is 44.9. The van der Waals surface area contributed by atoms with E-state index in [0.29, 0.717) is 19.0 Å². The van der Waals surface area contributed by atoms with Gasteiger partial charge in [-0.1, -0.05) is 6.07 Å². The van der Waals surface area contributed by atoms with E-state index in [1.807, 2.05) is 20.8 Å². The molecule has 2 rings (SSSR count). The van der Waals surface area contributed by atoms with Gasteiger partial charge in [0.1, 0.15) is 5.75 Å². The number of rotatable bonds is 7. The smallest absolute Gasteiger partial charge is 0.416 e. The third-order valence-corrected chi connectivity index (χ3v) is 5.21. The molecule has 10 heteroatoms. The Hall–Kier alpha value is -1.56. The summed E-state index contributed by atoms with van der Waals surface area (Å²) in [5.41, 5.74) is 0.386. The number of hydrogen-bond acceptors (Lipinski definition) is 4. The van der Waals surface area contributed by atoms with E-state index in [4.69, 9.17) is 4.74 Å². The van der Waals surface area contributed by atoms with E-state index in [0.717, 1.165) is 23.2 Å². The number of thiazole rings is 1. The molecular weight excluding hydrogens is 516 g/mol. The number of ether oxygens (including phenoxy) is 1. The summed E-state index contributed by atoms with van der Waals surface area (Å²) in [5, 5.41) is 7.22. The average Bonchev–Trinajstić information content (AvgIpc) is 2.96. The first-order valence-corrected chi connectivity index (χ1v) is 9.75. The number of guanidine groups is 1. The zero-order valence-electron chi connectivity index (χ0n) is 16.8. The summed E-state index contributed by atoms with van der Waals surface area (Å²) >= 11 is 1.65. The minimum absolute atomic E-state index is 0. The normalized spacial score (nSPS) is 11.8. The molecule has 0 bridgehead atoms. The van der Waals surface area contributed by atoms with Gasteiger partial charge in [0.2, 0.25) is 0 Å². The van der Waals surface area contributed by atoms with Crippen molar-refractivity contribution in [2.75, 3.05) is 20.2 Å². The molecule has 0 fully saturated rings. The Morgan fingerprint density at radius 1 is 1.24 bits per heavy atom. The van der Waals surface area contributed by atoms with Gasteiger partial charge in [0, 0.05) is 24.4 Å². The fraction of sp³-hybridized carbons (Fsp3) is 0.474. The van der Waals surface area contributed by atoms with Gasteiger partial charge >= 0.3 is 6.18 Å². The highest BCUT2D eigenvalue weighted by molar-refractivity contribution is 14.0. The summed E-state index contributed by atoms with van der Waals surface area (Å²) in [7, 11) is 1.34. The molecule has 29 heavy (non-hydrogen) atoms. The van der Waals surface area contributed by atoms with Crippen LogP contribution in [0, 0.1) is 13.8 Å². The molecule has 162 valence electrons. The topological polar surface area (TPSA) is 58.5 Å². The van der Waals surface area contributed by atoms with Crippen LogP contribution in [0.5, 0.6) is 5.75 Å². The van der Waals surface area contributed by atoms with Crippen LogP contribution in [0.4, 0.5) is 13.2 Å². The zero-order chi connectivity index (χ0) is 20.7. The zero-order valence-corrected chi connectivity index (χ0v) is 20.0. The maximum absolute atomic E-state index is 13.3. The van der Waals surface area contributed by atoms with E-state index in [-0.39, 0.29) is 41.8 Å². The highest BCUT2D eigenvalue weighted by atomic mass is 127. The Morgan fingerprint density at radius 2 is 1.97 bits per heavy atom. The summed E-state index contributed by atoms with van der Waals surface area (Å²) in [6.07, 6.45) is -3.74. The Balaban J connectivity index is 0.00000420. The van der Waals surface area contributed by atoms with Gasteiger partial charge in [0.25, 0.3) is 0 Å². The van der Waals surface area contributed by atoms with Crippen LogP contribution >= 0.6 is 35.3 Å². The molecule has 0 spiro atoms. The molecule has 0 saturated carbocycles. The van der Waals surface area contributed by atoms with Crippen LogP contribution in [-0.4, -0.2) is 31.1 Å². The number of nitrogens with zero attached hydrogens (tertiary/aromatic N) is 2. The number of aryl methyl sites for hydroxylation is 2. The van der Waals surface area contributed by atoms with Crippen LogP contribution in [0.3, 0.4) is 0 Å². The number of benzene rings is 1. The lowest BCUT2D eigenvalue weighted by molar-refractivity contribution is -0.138. The van der Waals surface area contributed by atoms with Gasteiger partial charge in [0.15, 0.2) is 5.96 Å². The second-order valence-electron chi connectivity index (χ2n) is 6.14. The highest BCUT2D eigenvalue weighted by Crippen LogP contribution is 2.34. The van der Waals surface area contributed by atoms with Gasteiger partial charge in [-0.25, -0.2) is 9.98 Å². The van der Waals surface area contributed by atoms with E-state index >= 15 is 0 Å². The molecule has 0 unspecified atom stereocenters. The third kappa shape index (κ3) is 7.65. The van der Waals surface area contributed by atoms with Crippen molar-refractivity contribution in [3.05, 3.63) is 44.9 Å². The number of aromatic nitrogens is 1. The number of methoxy groups -OCH3 is 1.